The summed E-state index contributed by atoms with van der Waals surface area (Å²) in [7, 11) is 0. The van der Waals surface area contributed by atoms with E-state index in [-0.39, 0.29) is 12.1 Å². The van der Waals surface area contributed by atoms with Crippen LogP contribution in [0, 0.1) is 12.8 Å². The molecule has 1 aromatic rings. The van der Waals surface area contributed by atoms with Crippen LogP contribution in [0.15, 0.2) is 24.3 Å². The smallest absolute Gasteiger partial charge is 0.0751 e. The van der Waals surface area contributed by atoms with Crippen LogP contribution in [0.5, 0.6) is 0 Å². The number of nitrogens with two attached hydrogens (primary N) is 1. The Bertz CT molecular complexity index is 318. The number of ether oxygens (including phenoxy) is 1. The van der Waals surface area contributed by atoms with Gasteiger partial charge in [-0.05, 0) is 31.7 Å². The fraction of sp³-hybridized carbons (Fsp3) is 0.600. The first-order chi connectivity index (χ1) is 8.04. The van der Waals surface area contributed by atoms with Gasteiger partial charge in [0.1, 0.15) is 0 Å². The van der Waals surface area contributed by atoms with Gasteiger partial charge in [-0.2, -0.15) is 0 Å². The van der Waals surface area contributed by atoms with Crippen LogP contribution in [0.3, 0.4) is 0 Å². The number of hydrogen-bond acceptors (Lipinski definition) is 2. The molecule has 0 aliphatic rings. The first-order valence-corrected chi connectivity index (χ1v) is 6.47. The van der Waals surface area contributed by atoms with Gasteiger partial charge in [0.25, 0.3) is 0 Å². The lowest BCUT2D eigenvalue weighted by Crippen LogP contribution is -2.42. The van der Waals surface area contributed by atoms with Crippen LogP contribution < -0.4 is 5.73 Å². The molecule has 0 heterocycles. The highest BCUT2D eigenvalue weighted by Crippen LogP contribution is 2.14. The lowest BCUT2D eigenvalue weighted by Gasteiger charge is -2.27. The van der Waals surface area contributed by atoms with E-state index in [1.54, 1.807) is 0 Å². The average Bonchev–Trinajstić information content (AvgIpc) is 2.28. The van der Waals surface area contributed by atoms with Crippen molar-refractivity contribution in [3.8, 4) is 0 Å². The molecule has 96 valence electrons. The third-order valence-corrected chi connectivity index (χ3v) is 3.03. The molecule has 0 aromatic heterocycles. The Balaban J connectivity index is 2.62. The number of rotatable bonds is 6. The van der Waals surface area contributed by atoms with E-state index < -0.39 is 0 Å². The minimum absolute atomic E-state index is 0.0673. The van der Waals surface area contributed by atoms with Crippen molar-refractivity contribution in [3.63, 3.8) is 0 Å². The molecule has 0 spiro atoms. The van der Waals surface area contributed by atoms with Gasteiger partial charge in [0.2, 0.25) is 0 Å². The third-order valence-electron chi connectivity index (χ3n) is 3.03. The minimum Gasteiger partial charge on any atom is -0.377 e. The van der Waals surface area contributed by atoms with Crippen LogP contribution in [0.4, 0.5) is 0 Å². The summed E-state index contributed by atoms with van der Waals surface area (Å²) < 4.78 is 5.74. The summed E-state index contributed by atoms with van der Waals surface area (Å²) in [6.45, 7) is 9.17. The predicted octanol–water partition coefficient (Wildman–Crippen LogP) is 2.93. The van der Waals surface area contributed by atoms with E-state index >= 15 is 0 Å². The Kier molecular flexibility index (Phi) is 5.66. The molecule has 17 heavy (non-hydrogen) atoms. The topological polar surface area (TPSA) is 35.2 Å². The number of aryl methyl sites for hydroxylation is 1. The summed E-state index contributed by atoms with van der Waals surface area (Å²) in [4.78, 5) is 0. The lowest BCUT2D eigenvalue weighted by atomic mass is 9.94. The van der Waals surface area contributed by atoms with Crippen LogP contribution in [0.25, 0.3) is 0 Å². The van der Waals surface area contributed by atoms with Crippen molar-refractivity contribution in [1.29, 1.82) is 0 Å². The summed E-state index contributed by atoms with van der Waals surface area (Å²) in [6.07, 6.45) is 1.02. The molecule has 1 rings (SSSR count). The third kappa shape index (κ3) is 4.49. The van der Waals surface area contributed by atoms with Crippen molar-refractivity contribution in [2.45, 2.75) is 46.3 Å². The van der Waals surface area contributed by atoms with Crippen molar-refractivity contribution < 1.29 is 4.74 Å². The van der Waals surface area contributed by atoms with Crippen molar-refractivity contribution in [1.82, 2.24) is 0 Å². The highest BCUT2D eigenvalue weighted by molar-refractivity contribution is 5.22. The molecule has 2 N–H and O–H groups in total. The fourth-order valence-electron chi connectivity index (χ4n) is 2.12. The molecule has 1 aromatic carbocycles. The van der Waals surface area contributed by atoms with Crippen molar-refractivity contribution in [2.75, 3.05) is 6.61 Å². The van der Waals surface area contributed by atoms with Crippen LogP contribution in [-0.4, -0.2) is 18.8 Å². The summed E-state index contributed by atoms with van der Waals surface area (Å²) in [6, 6.07) is 8.63. The zero-order chi connectivity index (χ0) is 12.8. The molecule has 0 aliphatic carbocycles. The van der Waals surface area contributed by atoms with Crippen molar-refractivity contribution in [3.05, 3.63) is 35.4 Å². The summed E-state index contributed by atoms with van der Waals surface area (Å²) >= 11 is 0. The van der Waals surface area contributed by atoms with E-state index in [4.69, 9.17) is 10.5 Å². The van der Waals surface area contributed by atoms with Gasteiger partial charge in [-0.1, -0.05) is 43.7 Å². The Morgan fingerprint density at radius 1 is 1.18 bits per heavy atom. The SMILES string of the molecule is CCOC(C(C)C)C(N)Cc1ccc(C)cc1. The Labute approximate surface area is 105 Å². The summed E-state index contributed by atoms with van der Waals surface area (Å²) in [5, 5.41) is 0. The van der Waals surface area contributed by atoms with Gasteiger partial charge in [0.15, 0.2) is 0 Å². The van der Waals surface area contributed by atoms with Gasteiger partial charge >= 0.3 is 0 Å². The molecule has 2 heteroatoms. The first-order valence-electron chi connectivity index (χ1n) is 6.47. The first kappa shape index (κ1) is 14.2. The summed E-state index contributed by atoms with van der Waals surface area (Å²) in [5.74, 6) is 0.454. The highest BCUT2D eigenvalue weighted by atomic mass is 16.5. The minimum atomic E-state index is 0.0673. The van der Waals surface area contributed by atoms with Crippen LogP contribution in [-0.2, 0) is 11.2 Å². The molecule has 2 unspecified atom stereocenters. The number of benzene rings is 1. The highest BCUT2D eigenvalue weighted by Gasteiger charge is 2.21. The Hall–Kier alpha value is -0.860. The van der Waals surface area contributed by atoms with Crippen molar-refractivity contribution in [2.24, 2.45) is 11.7 Å². The van der Waals surface area contributed by atoms with Gasteiger partial charge in [0, 0.05) is 12.6 Å². The predicted molar refractivity (Wildman–Crippen MR) is 73.1 cm³/mol. The van der Waals surface area contributed by atoms with Gasteiger partial charge in [0.05, 0.1) is 6.10 Å². The molecular formula is C15H25NO. The average molecular weight is 235 g/mol. The van der Waals surface area contributed by atoms with Crippen LogP contribution in [0.1, 0.15) is 31.9 Å². The normalized spacial score (nSPS) is 14.9. The largest absolute Gasteiger partial charge is 0.377 e. The maximum absolute atomic E-state index is 6.25. The number of hydrogen-bond donors (Lipinski definition) is 1. The molecule has 2 atom stereocenters. The van der Waals surface area contributed by atoms with Gasteiger partial charge in [-0.25, -0.2) is 0 Å². The van der Waals surface area contributed by atoms with Gasteiger partial charge < -0.3 is 10.5 Å². The van der Waals surface area contributed by atoms with Crippen molar-refractivity contribution >= 4 is 0 Å². The second-order valence-electron chi connectivity index (χ2n) is 5.02. The van der Waals surface area contributed by atoms with Gasteiger partial charge in [-0.3, -0.25) is 0 Å². The molecule has 2 nitrogen and oxygen atoms in total. The van der Waals surface area contributed by atoms with E-state index in [2.05, 4.69) is 45.0 Å². The van der Waals surface area contributed by atoms with E-state index in [1.807, 2.05) is 6.92 Å². The molecule has 0 amide bonds. The van der Waals surface area contributed by atoms with E-state index in [9.17, 15) is 0 Å². The molecule has 0 aliphatic heterocycles. The second-order valence-corrected chi connectivity index (χ2v) is 5.02. The van der Waals surface area contributed by atoms with Gasteiger partial charge in [-0.15, -0.1) is 0 Å². The molecule has 0 bridgehead atoms. The maximum atomic E-state index is 6.25. The Morgan fingerprint density at radius 2 is 1.76 bits per heavy atom. The monoisotopic (exact) mass is 235 g/mol. The maximum Gasteiger partial charge on any atom is 0.0751 e. The van der Waals surface area contributed by atoms with E-state index in [1.165, 1.54) is 11.1 Å². The van der Waals surface area contributed by atoms with Crippen LogP contribution >= 0.6 is 0 Å². The van der Waals surface area contributed by atoms with Crippen LogP contribution in [0.2, 0.25) is 0 Å². The summed E-state index contributed by atoms with van der Waals surface area (Å²) in [5.41, 5.74) is 8.82. The molecule has 0 saturated heterocycles. The molecule has 0 saturated carbocycles. The zero-order valence-electron chi connectivity index (χ0n) is 11.4. The zero-order valence-corrected chi connectivity index (χ0v) is 11.4. The molecule has 0 fully saturated rings. The standard InChI is InChI=1S/C15H25NO/c1-5-17-15(11(2)3)14(16)10-13-8-6-12(4)7-9-13/h6-9,11,14-15H,5,10,16H2,1-4H3. The Morgan fingerprint density at radius 3 is 2.24 bits per heavy atom. The molecular weight excluding hydrogens is 210 g/mol. The van der Waals surface area contributed by atoms with E-state index in [0.717, 1.165) is 13.0 Å². The van der Waals surface area contributed by atoms with E-state index in [0.29, 0.717) is 5.92 Å². The quantitative estimate of drug-likeness (QED) is 0.823. The molecule has 0 radical (unpaired) electrons. The lowest BCUT2D eigenvalue weighted by molar-refractivity contribution is 0.0128. The second kappa shape index (κ2) is 6.77. The fourth-order valence-corrected chi connectivity index (χ4v) is 2.12.